The Kier molecular flexibility index (Phi) is 24.4. The topological polar surface area (TPSA) is 354 Å². The van der Waals surface area contributed by atoms with E-state index < -0.39 is 29.9 Å². The molecule has 582 valence electrons. The highest BCUT2D eigenvalue weighted by Gasteiger charge is 2.28. The van der Waals surface area contributed by atoms with Crippen molar-refractivity contribution in [1.29, 1.82) is 0 Å². The summed E-state index contributed by atoms with van der Waals surface area (Å²) in [5, 5.41) is 34.4. The van der Waals surface area contributed by atoms with Crippen molar-refractivity contribution < 1.29 is 25.3 Å². The zero-order chi connectivity index (χ0) is 79.1. The molecule has 38 heteroatoms. The number of fused-ring (bicyclic) bond motifs is 3. The second-order valence-electron chi connectivity index (χ2n) is 26.3. The van der Waals surface area contributed by atoms with Gasteiger partial charge >= 0.3 is 0 Å². The number of sulfone groups is 1. The molecule has 0 saturated carbocycles. The van der Waals surface area contributed by atoms with Crippen molar-refractivity contribution in [2.45, 2.75) is 87.2 Å². The molecule has 9 aromatic heterocycles. The van der Waals surface area contributed by atoms with Gasteiger partial charge in [-0.25, -0.2) is 55.2 Å². The Bertz CT molecular complexity index is 6130. The summed E-state index contributed by atoms with van der Waals surface area (Å²) in [7, 11) is -11.0. The number of hydrogen-bond donors (Lipinski definition) is 6. The summed E-state index contributed by atoms with van der Waals surface area (Å²) in [5.74, 6) is 2.18. The lowest BCUT2D eigenvalue weighted by atomic mass is 10.0. The molecule has 14 aromatic rings. The van der Waals surface area contributed by atoms with Gasteiger partial charge in [0.1, 0.15) is 79.2 Å². The van der Waals surface area contributed by atoms with Gasteiger partial charge in [-0.1, -0.05) is 157 Å². The van der Waals surface area contributed by atoms with Crippen LogP contribution in [0.4, 0.5) is 33.4 Å². The molecule has 0 radical (unpaired) electrons. The molecule has 113 heavy (non-hydrogen) atoms. The smallest absolute Gasteiger partial charge is 0.263 e. The summed E-state index contributed by atoms with van der Waals surface area (Å²) in [6, 6.07) is 34.5. The van der Waals surface area contributed by atoms with E-state index in [0.29, 0.717) is 41.5 Å². The first-order valence-corrected chi connectivity index (χ1v) is 44.4. The molecule has 0 bridgehead atoms. The van der Waals surface area contributed by atoms with Gasteiger partial charge < -0.3 is 39.9 Å². The van der Waals surface area contributed by atoms with Gasteiger partial charge in [0.2, 0.25) is 10.3 Å². The van der Waals surface area contributed by atoms with Crippen LogP contribution in [0.5, 0.6) is 0 Å². The van der Waals surface area contributed by atoms with Crippen LogP contribution in [0.15, 0.2) is 168 Å². The third-order valence-corrected chi connectivity index (χ3v) is 28.1. The summed E-state index contributed by atoms with van der Waals surface area (Å²) in [4.78, 5) is 47.2. The highest BCUT2D eigenvalue weighted by molar-refractivity contribution is 7.93. The molecule has 11 heterocycles. The van der Waals surface area contributed by atoms with Gasteiger partial charge in [-0.2, -0.15) is 0 Å². The molecule has 0 amide bonds. The lowest BCUT2D eigenvalue weighted by molar-refractivity contribution is 0.386. The SMILES string of the molecule is CCc1nnc(CS(=O)(=O)c2ccc(Nc3ncnc4[nH]cc(-c5ccc(C)cc5)c34)cc2)s1.CCc1nnc(NS(=O)(=O)c2ccc(CC(=S)N3CCN(c4ncnc5[nH]cc(-c6ccc(C)c(Cl)c6)c45)CC3)cc2)s1.CCc1nnc(NS(=O)(=O)c2ccc(CC(=S)N3CCN(c4ncnc5[nH]cc(Cl)c45)CC3)cc2)s1. The summed E-state index contributed by atoms with van der Waals surface area (Å²) < 4.78 is 81.6. The summed E-state index contributed by atoms with van der Waals surface area (Å²) in [6.07, 6.45) is 13.5. The van der Waals surface area contributed by atoms with Gasteiger partial charge in [-0.05, 0) is 116 Å². The number of anilines is 6. The van der Waals surface area contributed by atoms with Crippen molar-refractivity contribution in [3.05, 3.63) is 205 Å². The molecule has 0 aliphatic carbocycles. The number of H-pyrrole nitrogens is 3. The number of benzene rings is 5. The zero-order valence-electron chi connectivity index (χ0n) is 61.5. The van der Waals surface area contributed by atoms with Crippen molar-refractivity contribution in [3.8, 4) is 22.3 Å². The molecule has 5 aromatic carbocycles. The predicted octanol–water partition coefficient (Wildman–Crippen LogP) is 14.1. The predicted molar refractivity (Wildman–Crippen MR) is 455 cm³/mol. The number of aryl methyl sites for hydroxylation is 5. The van der Waals surface area contributed by atoms with E-state index in [2.05, 4.69) is 147 Å². The summed E-state index contributed by atoms with van der Waals surface area (Å²) in [5.41, 5.74) is 11.1. The Hall–Kier alpha value is -10.2. The van der Waals surface area contributed by atoms with E-state index in [1.165, 1.54) is 52.2 Å². The number of halogens is 2. The fourth-order valence-electron chi connectivity index (χ4n) is 12.7. The lowest BCUT2D eigenvalue weighted by Crippen LogP contribution is -2.49. The van der Waals surface area contributed by atoms with Crippen molar-refractivity contribution in [3.63, 3.8) is 0 Å². The molecule has 2 saturated heterocycles. The maximum Gasteiger partial charge on any atom is 0.263 e. The third kappa shape index (κ3) is 18.6. The third-order valence-electron chi connectivity index (χ3n) is 18.8. The number of nitrogens with one attached hydrogen (secondary N) is 6. The summed E-state index contributed by atoms with van der Waals surface area (Å²) >= 11 is 28.1. The van der Waals surface area contributed by atoms with Gasteiger partial charge in [0, 0.05) is 106 Å². The number of thiocarbonyl (C=S) groups is 2. The number of rotatable bonds is 22. The Morgan fingerprint density at radius 3 is 1.42 bits per heavy atom. The number of sulfonamides is 2. The second kappa shape index (κ2) is 34.7. The van der Waals surface area contributed by atoms with Crippen molar-refractivity contribution in [2.24, 2.45) is 0 Å². The van der Waals surface area contributed by atoms with Crippen LogP contribution in [0.25, 0.3) is 55.4 Å². The second-order valence-corrected chi connectivity index (χ2v) is 36.7. The van der Waals surface area contributed by atoms with Gasteiger partial charge in [-0.3, -0.25) is 9.44 Å². The molecule has 2 aliphatic rings. The Balaban J connectivity index is 0.000000142. The van der Waals surface area contributed by atoms with E-state index in [1.54, 1.807) is 85.3 Å². The largest absolute Gasteiger partial charge is 0.362 e. The standard InChI is InChI=1S/C29H29ClN8O2S3.C24H22N6O2S2.C22H23ClN8O2S3/c1-3-24-34-35-29(42-24)36-43(39,40)21-8-5-19(6-9-21)14-25(41)37-10-12-38(13-11-37)28-26-22(16-31-27(26)32-17-33-28)20-7-4-18(2)23(30)15-20;1-3-20-29-30-21(33-20)13-34(31,32)18-10-8-17(9-11-18)28-24-22-19(12-25-23(22)26-14-27-24)16-6-4-15(2)5-7-16;1-2-17-27-28-22(35-17)29-36(32,33)15-5-3-14(4-6-15)11-18(34)30-7-9-31(10-8-30)21-19-16(23)12-24-20(19)25-13-26-21/h4-9,15-17H,3,10-14H2,1-2H3,(H,35,36)(H,31,32,33);4-12,14H,3,13H2,1-2H3,(H2,25,26,27,28);3-6,12-13H,2,7-11H2,1H3,(H,28,29)(H,24,25,26). The fraction of sp³-hybridized carbons (Fsp3) is 0.253. The number of nitrogens with zero attached hydrogens (tertiary/aromatic N) is 16. The van der Waals surface area contributed by atoms with Crippen LogP contribution in [0.3, 0.4) is 0 Å². The van der Waals surface area contributed by atoms with Crippen LogP contribution in [0.2, 0.25) is 10.0 Å². The fourth-order valence-corrected chi connectivity index (χ4v) is 20.0. The maximum atomic E-state index is 12.8. The van der Waals surface area contributed by atoms with E-state index in [9.17, 15) is 25.3 Å². The Morgan fingerprint density at radius 2 is 0.912 bits per heavy atom. The average molecular weight is 1710 g/mol. The number of aromatic nitrogens is 15. The van der Waals surface area contributed by atoms with Crippen molar-refractivity contribution >= 4 is 188 Å². The lowest BCUT2D eigenvalue weighted by Gasteiger charge is -2.37. The van der Waals surface area contributed by atoms with Crippen LogP contribution in [0.1, 0.15) is 63.1 Å². The average Bonchev–Trinajstić information content (AvgIpc) is 1.66. The molecular weight excluding hydrogens is 1630 g/mol. The van der Waals surface area contributed by atoms with Gasteiger partial charge in [0.15, 0.2) is 9.84 Å². The molecule has 2 aliphatic heterocycles. The van der Waals surface area contributed by atoms with Crippen molar-refractivity contribution in [1.82, 2.24) is 85.2 Å². The molecule has 16 rings (SSSR count). The van der Waals surface area contributed by atoms with E-state index in [4.69, 9.17) is 47.6 Å². The first kappa shape index (κ1) is 79.5. The Labute approximate surface area is 684 Å². The molecule has 2 fully saturated rings. The van der Waals surface area contributed by atoms with E-state index in [1.807, 2.05) is 52.2 Å². The normalized spacial score (nSPS) is 13.4. The highest BCUT2D eigenvalue weighted by Crippen LogP contribution is 2.38. The zero-order valence-corrected chi connectivity index (χ0v) is 69.5. The minimum absolute atomic E-state index is 0.159. The molecule has 6 N–H and O–H groups in total. The number of aromatic amines is 3. The van der Waals surface area contributed by atoms with E-state index in [0.717, 1.165) is 178 Å². The first-order chi connectivity index (χ1) is 54.5. The number of hydrogen-bond acceptors (Lipinski definition) is 26. The van der Waals surface area contributed by atoms with Crippen LogP contribution in [-0.4, -0.2) is 173 Å². The minimum Gasteiger partial charge on any atom is -0.362 e. The quantitative estimate of drug-likeness (QED) is 0.0343. The molecule has 0 unspecified atom stereocenters. The van der Waals surface area contributed by atoms with Crippen LogP contribution < -0.4 is 24.6 Å². The molecular formula is C75H74Cl2N22O6S8. The summed E-state index contributed by atoms with van der Waals surface area (Å²) in [6.45, 7) is 15.9. The van der Waals surface area contributed by atoms with E-state index >= 15 is 0 Å². The molecule has 0 atom stereocenters. The monoisotopic (exact) mass is 1700 g/mol. The van der Waals surface area contributed by atoms with E-state index in [-0.39, 0.29) is 30.7 Å². The van der Waals surface area contributed by atoms with Crippen LogP contribution in [-0.2, 0) is 67.7 Å². The number of piperazine rings is 2. The van der Waals surface area contributed by atoms with Crippen LogP contribution in [0, 0.1) is 13.8 Å². The van der Waals surface area contributed by atoms with Crippen LogP contribution >= 0.6 is 81.6 Å². The highest BCUT2D eigenvalue weighted by atomic mass is 35.5. The maximum absolute atomic E-state index is 12.8. The van der Waals surface area contributed by atoms with Gasteiger partial charge in [0.25, 0.3) is 20.0 Å². The molecule has 0 spiro atoms. The van der Waals surface area contributed by atoms with Crippen molar-refractivity contribution in [2.75, 3.05) is 76.9 Å². The molecule has 28 nitrogen and oxygen atoms in total. The minimum atomic E-state index is -3.75. The Morgan fingerprint density at radius 1 is 0.469 bits per heavy atom. The van der Waals surface area contributed by atoms with Gasteiger partial charge in [0.05, 0.1) is 45.8 Å². The van der Waals surface area contributed by atoms with Gasteiger partial charge in [-0.15, -0.1) is 41.9 Å². The first-order valence-electron chi connectivity index (χ1n) is 35.8.